The molecule has 1 aromatic heterocycles. The van der Waals surface area contributed by atoms with Crippen LogP contribution in [0.5, 0.6) is 0 Å². The smallest absolute Gasteiger partial charge is 0.328 e. The maximum atomic E-state index is 13.1. The number of hydrogen-bond donors (Lipinski definition) is 2. The Kier molecular flexibility index (Phi) is 6.72. The van der Waals surface area contributed by atoms with Crippen molar-refractivity contribution in [3.63, 3.8) is 0 Å². The molecule has 0 radical (unpaired) electrons. The van der Waals surface area contributed by atoms with Gasteiger partial charge in [-0.1, -0.05) is 18.2 Å². The van der Waals surface area contributed by atoms with E-state index in [4.69, 9.17) is 4.74 Å². The number of nitrogens with zero attached hydrogens (tertiary/aromatic N) is 1. The van der Waals surface area contributed by atoms with Crippen LogP contribution in [0.2, 0.25) is 0 Å². The SMILES string of the molecule is COC(=O)C(Cc1c[nH]c2ccccc12)NC(=O)C1CCN(C(=O)c2ccc(F)cc2)CC1. The average Bonchev–Trinajstić information content (AvgIpc) is 3.26. The second-order valence-electron chi connectivity index (χ2n) is 8.22. The zero-order chi connectivity index (χ0) is 23.4. The summed E-state index contributed by atoms with van der Waals surface area (Å²) in [6.07, 6.45) is 3.12. The Hall–Kier alpha value is -3.68. The van der Waals surface area contributed by atoms with E-state index in [9.17, 15) is 18.8 Å². The zero-order valence-electron chi connectivity index (χ0n) is 18.3. The summed E-state index contributed by atoms with van der Waals surface area (Å²) in [5.74, 6) is -1.61. The van der Waals surface area contributed by atoms with E-state index in [1.54, 1.807) is 4.90 Å². The van der Waals surface area contributed by atoms with E-state index in [-0.39, 0.29) is 17.7 Å². The summed E-state index contributed by atoms with van der Waals surface area (Å²) < 4.78 is 18.0. The van der Waals surface area contributed by atoms with Gasteiger partial charge in [-0.2, -0.15) is 0 Å². The van der Waals surface area contributed by atoms with Crippen LogP contribution in [-0.4, -0.2) is 53.9 Å². The second kappa shape index (κ2) is 9.85. The number of hydrogen-bond acceptors (Lipinski definition) is 4. The summed E-state index contributed by atoms with van der Waals surface area (Å²) in [7, 11) is 1.30. The van der Waals surface area contributed by atoms with Crippen molar-refractivity contribution in [1.29, 1.82) is 0 Å². The van der Waals surface area contributed by atoms with Crippen molar-refractivity contribution in [3.05, 3.63) is 71.7 Å². The number of fused-ring (bicyclic) bond motifs is 1. The Morgan fingerprint density at radius 2 is 1.82 bits per heavy atom. The molecule has 1 unspecified atom stereocenters. The fraction of sp³-hybridized carbons (Fsp3) is 0.320. The highest BCUT2D eigenvalue weighted by Gasteiger charge is 2.31. The molecule has 0 spiro atoms. The Morgan fingerprint density at radius 3 is 2.52 bits per heavy atom. The Labute approximate surface area is 190 Å². The number of aromatic amines is 1. The molecule has 1 aliphatic heterocycles. The zero-order valence-corrected chi connectivity index (χ0v) is 18.3. The normalized spacial score (nSPS) is 15.3. The molecule has 1 aliphatic rings. The van der Waals surface area contributed by atoms with Crippen LogP contribution >= 0.6 is 0 Å². The van der Waals surface area contributed by atoms with Crippen molar-refractivity contribution in [2.24, 2.45) is 5.92 Å². The number of ether oxygens (including phenoxy) is 1. The van der Waals surface area contributed by atoms with Gasteiger partial charge in [-0.15, -0.1) is 0 Å². The predicted molar refractivity (Wildman–Crippen MR) is 121 cm³/mol. The topological polar surface area (TPSA) is 91.5 Å². The first kappa shape index (κ1) is 22.5. The van der Waals surface area contributed by atoms with E-state index in [0.29, 0.717) is 37.9 Å². The minimum absolute atomic E-state index is 0.180. The number of rotatable bonds is 6. The minimum Gasteiger partial charge on any atom is -0.467 e. The number of benzene rings is 2. The molecule has 8 heteroatoms. The molecule has 3 aromatic rings. The third-order valence-corrected chi connectivity index (χ3v) is 6.15. The molecule has 7 nitrogen and oxygen atoms in total. The monoisotopic (exact) mass is 451 g/mol. The van der Waals surface area contributed by atoms with Gasteiger partial charge in [-0.25, -0.2) is 9.18 Å². The summed E-state index contributed by atoms with van der Waals surface area (Å²) in [6.45, 7) is 0.833. The van der Waals surface area contributed by atoms with Crippen molar-refractivity contribution in [3.8, 4) is 0 Å². The van der Waals surface area contributed by atoms with Crippen LogP contribution in [-0.2, 0) is 20.7 Å². The van der Waals surface area contributed by atoms with Crippen LogP contribution in [0.4, 0.5) is 4.39 Å². The lowest BCUT2D eigenvalue weighted by Crippen LogP contribution is -2.48. The van der Waals surface area contributed by atoms with Crippen molar-refractivity contribution in [2.75, 3.05) is 20.2 Å². The molecule has 0 saturated carbocycles. The molecule has 172 valence electrons. The van der Waals surface area contributed by atoms with E-state index in [2.05, 4.69) is 10.3 Å². The van der Waals surface area contributed by atoms with Gasteiger partial charge in [0.05, 0.1) is 7.11 Å². The van der Waals surface area contributed by atoms with Crippen LogP contribution in [0, 0.1) is 11.7 Å². The van der Waals surface area contributed by atoms with Gasteiger partial charge < -0.3 is 19.9 Å². The first-order valence-electron chi connectivity index (χ1n) is 10.9. The van der Waals surface area contributed by atoms with E-state index in [1.165, 1.54) is 31.4 Å². The first-order chi connectivity index (χ1) is 16.0. The maximum Gasteiger partial charge on any atom is 0.328 e. The van der Waals surface area contributed by atoms with Crippen LogP contribution in [0.1, 0.15) is 28.8 Å². The van der Waals surface area contributed by atoms with Gasteiger partial charge in [-0.05, 0) is 48.7 Å². The molecular formula is C25H26FN3O4. The number of likely N-dealkylation sites (tertiary alicyclic amines) is 1. The molecule has 1 atom stereocenters. The number of nitrogens with one attached hydrogen (secondary N) is 2. The molecule has 2 aromatic carbocycles. The van der Waals surface area contributed by atoms with E-state index < -0.39 is 17.8 Å². The number of amides is 2. The van der Waals surface area contributed by atoms with Crippen molar-refractivity contribution >= 4 is 28.7 Å². The lowest BCUT2D eigenvalue weighted by Gasteiger charge is -2.32. The highest BCUT2D eigenvalue weighted by atomic mass is 19.1. The Morgan fingerprint density at radius 1 is 1.12 bits per heavy atom. The summed E-state index contributed by atoms with van der Waals surface area (Å²) >= 11 is 0. The number of H-pyrrole nitrogens is 1. The van der Waals surface area contributed by atoms with Crippen molar-refractivity contribution in [1.82, 2.24) is 15.2 Å². The standard InChI is InChI=1S/C25H26FN3O4/c1-33-25(32)22(14-18-15-27-21-5-3-2-4-20(18)21)28-23(30)16-10-12-29(13-11-16)24(31)17-6-8-19(26)9-7-17/h2-9,15-16,22,27H,10-14H2,1H3,(H,28,30). The molecule has 0 aliphatic carbocycles. The lowest BCUT2D eigenvalue weighted by molar-refractivity contribution is -0.145. The van der Waals surface area contributed by atoms with Crippen LogP contribution in [0.15, 0.2) is 54.7 Å². The van der Waals surface area contributed by atoms with Gasteiger partial charge >= 0.3 is 5.97 Å². The number of halogens is 1. The number of piperidine rings is 1. The van der Waals surface area contributed by atoms with Crippen molar-refractivity contribution in [2.45, 2.75) is 25.3 Å². The molecule has 1 fully saturated rings. The predicted octanol–water partition coefficient (Wildman–Crippen LogP) is 3.06. The van der Waals surface area contributed by atoms with Gasteiger partial charge in [0.15, 0.2) is 0 Å². The lowest BCUT2D eigenvalue weighted by atomic mass is 9.94. The second-order valence-corrected chi connectivity index (χ2v) is 8.22. The van der Waals surface area contributed by atoms with Crippen LogP contribution in [0.25, 0.3) is 10.9 Å². The largest absolute Gasteiger partial charge is 0.467 e. The summed E-state index contributed by atoms with van der Waals surface area (Å²) in [6, 6.07) is 12.4. The molecule has 4 rings (SSSR count). The number of methoxy groups -OCH3 is 1. The third-order valence-electron chi connectivity index (χ3n) is 6.15. The van der Waals surface area contributed by atoms with Crippen LogP contribution < -0.4 is 5.32 Å². The molecule has 2 N–H and O–H groups in total. The quantitative estimate of drug-likeness (QED) is 0.564. The Bertz CT molecular complexity index is 1150. The van der Waals surface area contributed by atoms with Crippen molar-refractivity contribution < 1.29 is 23.5 Å². The molecular weight excluding hydrogens is 425 g/mol. The van der Waals surface area contributed by atoms with Gasteiger partial charge in [0, 0.05) is 48.1 Å². The number of esters is 1. The number of para-hydroxylation sites is 1. The van der Waals surface area contributed by atoms with Gasteiger partial charge in [0.2, 0.25) is 5.91 Å². The van der Waals surface area contributed by atoms with Gasteiger partial charge in [0.1, 0.15) is 11.9 Å². The average molecular weight is 451 g/mol. The molecule has 2 heterocycles. The first-order valence-corrected chi connectivity index (χ1v) is 10.9. The third kappa shape index (κ3) is 5.05. The van der Waals surface area contributed by atoms with E-state index >= 15 is 0 Å². The molecule has 33 heavy (non-hydrogen) atoms. The number of carbonyl (C=O) groups is 3. The number of aromatic nitrogens is 1. The highest BCUT2D eigenvalue weighted by Crippen LogP contribution is 2.22. The Balaban J connectivity index is 1.37. The van der Waals surface area contributed by atoms with E-state index in [0.717, 1.165) is 16.5 Å². The maximum absolute atomic E-state index is 13.1. The summed E-state index contributed by atoms with van der Waals surface area (Å²) in [4.78, 5) is 42.8. The van der Waals surface area contributed by atoms with Gasteiger partial charge in [0.25, 0.3) is 5.91 Å². The number of carbonyl (C=O) groups excluding carboxylic acids is 3. The van der Waals surface area contributed by atoms with E-state index in [1.807, 2.05) is 30.5 Å². The fourth-order valence-corrected chi connectivity index (χ4v) is 4.27. The fourth-order valence-electron chi connectivity index (χ4n) is 4.27. The molecule has 2 amide bonds. The summed E-state index contributed by atoms with van der Waals surface area (Å²) in [5, 5.41) is 3.84. The molecule has 0 bridgehead atoms. The molecule has 1 saturated heterocycles. The summed E-state index contributed by atoms with van der Waals surface area (Å²) in [5.41, 5.74) is 2.30. The highest BCUT2D eigenvalue weighted by molar-refractivity contribution is 5.94. The minimum atomic E-state index is -0.805. The van der Waals surface area contributed by atoms with Crippen LogP contribution in [0.3, 0.4) is 0 Å². The van der Waals surface area contributed by atoms with Gasteiger partial charge in [-0.3, -0.25) is 9.59 Å².